The van der Waals surface area contributed by atoms with Gasteiger partial charge in [-0.2, -0.15) is 10.1 Å². The number of aromatic nitrogens is 5. The van der Waals surface area contributed by atoms with E-state index in [1.165, 1.54) is 0 Å². The van der Waals surface area contributed by atoms with E-state index in [0.717, 1.165) is 44.8 Å². The maximum atomic E-state index is 5.60. The number of hydrogen-bond donors (Lipinski definition) is 1. The Bertz CT molecular complexity index is 621. The zero-order valence-electron chi connectivity index (χ0n) is 15.3. The van der Waals surface area contributed by atoms with Gasteiger partial charge in [0, 0.05) is 31.7 Å². The largest absolute Gasteiger partial charge is 0.381 e. The van der Waals surface area contributed by atoms with Gasteiger partial charge in [0.25, 0.3) is 0 Å². The monoisotopic (exact) mass is 348 g/mol. The van der Waals surface area contributed by atoms with Crippen molar-refractivity contribution in [3.63, 3.8) is 0 Å². The van der Waals surface area contributed by atoms with E-state index in [1.54, 1.807) is 12.7 Å². The Morgan fingerprint density at radius 2 is 2.08 bits per heavy atom. The first-order chi connectivity index (χ1) is 12.1. The highest BCUT2D eigenvalue weighted by atomic mass is 16.5. The summed E-state index contributed by atoms with van der Waals surface area (Å²) in [5.74, 6) is 2.17. The van der Waals surface area contributed by atoms with Crippen LogP contribution in [0.5, 0.6) is 0 Å². The molecule has 1 N–H and O–H groups in total. The molecule has 0 aromatic carbocycles. The molecule has 0 bridgehead atoms. The Morgan fingerprint density at radius 3 is 2.72 bits per heavy atom. The molecular formula is C17H28N6O2. The molecule has 1 fully saturated rings. The molecule has 3 heterocycles. The molecule has 0 spiro atoms. The van der Waals surface area contributed by atoms with Gasteiger partial charge in [-0.1, -0.05) is 19.0 Å². The summed E-state index contributed by atoms with van der Waals surface area (Å²) in [4.78, 5) is 8.63. The van der Waals surface area contributed by atoms with Gasteiger partial charge < -0.3 is 14.6 Å². The average molecular weight is 348 g/mol. The topological polar surface area (TPSA) is 90.9 Å². The number of rotatable bonds is 8. The molecule has 1 aliphatic heterocycles. The zero-order valence-corrected chi connectivity index (χ0v) is 15.3. The molecule has 8 heteroatoms. The fourth-order valence-corrected chi connectivity index (χ4v) is 3.13. The second kappa shape index (κ2) is 8.53. The highest BCUT2D eigenvalue weighted by molar-refractivity contribution is 4.99. The number of ether oxygens (including phenoxy) is 1. The summed E-state index contributed by atoms with van der Waals surface area (Å²) in [7, 11) is 0. The lowest BCUT2D eigenvalue weighted by atomic mass is 9.91. The van der Waals surface area contributed by atoms with Crippen LogP contribution in [0.4, 0.5) is 0 Å². The molecule has 0 saturated carbocycles. The van der Waals surface area contributed by atoms with Crippen LogP contribution in [0, 0.1) is 5.92 Å². The van der Waals surface area contributed by atoms with Gasteiger partial charge in [-0.05, 0) is 32.1 Å². The van der Waals surface area contributed by atoms with Gasteiger partial charge in [0.15, 0.2) is 5.82 Å². The Balaban J connectivity index is 1.66. The molecule has 0 aliphatic carbocycles. The predicted octanol–water partition coefficient (Wildman–Crippen LogP) is 2.32. The van der Waals surface area contributed by atoms with Crippen LogP contribution in [0.2, 0.25) is 0 Å². The van der Waals surface area contributed by atoms with Crippen molar-refractivity contribution >= 4 is 0 Å². The first-order valence-corrected chi connectivity index (χ1v) is 9.13. The number of nitrogens with one attached hydrogen (secondary N) is 1. The van der Waals surface area contributed by atoms with Crippen molar-refractivity contribution in [1.82, 2.24) is 30.2 Å². The zero-order chi connectivity index (χ0) is 17.6. The highest BCUT2D eigenvalue weighted by Crippen LogP contribution is 2.30. The summed E-state index contributed by atoms with van der Waals surface area (Å²) in [6, 6.07) is 0.362. The van der Waals surface area contributed by atoms with Gasteiger partial charge in [-0.3, -0.25) is 4.68 Å². The van der Waals surface area contributed by atoms with Crippen LogP contribution in [0.3, 0.4) is 0 Å². The third kappa shape index (κ3) is 4.85. The van der Waals surface area contributed by atoms with E-state index in [2.05, 4.69) is 46.3 Å². The molecule has 8 nitrogen and oxygen atoms in total. The summed E-state index contributed by atoms with van der Waals surface area (Å²) in [6.07, 6.45) is 6.28. The number of nitrogens with zero attached hydrogens (tertiary/aromatic N) is 5. The Labute approximate surface area is 148 Å². The summed E-state index contributed by atoms with van der Waals surface area (Å²) < 4.78 is 13.0. The minimum absolute atomic E-state index is 0.0645. The van der Waals surface area contributed by atoms with Gasteiger partial charge in [0.05, 0.1) is 6.04 Å². The van der Waals surface area contributed by atoms with Crippen LogP contribution >= 0.6 is 0 Å². The van der Waals surface area contributed by atoms with Gasteiger partial charge in [-0.25, -0.2) is 4.98 Å². The maximum absolute atomic E-state index is 5.60. The van der Waals surface area contributed by atoms with Crippen molar-refractivity contribution in [2.75, 3.05) is 13.2 Å². The van der Waals surface area contributed by atoms with Gasteiger partial charge in [-0.15, -0.1) is 0 Å². The van der Waals surface area contributed by atoms with Gasteiger partial charge in [0.1, 0.15) is 12.7 Å². The molecule has 0 unspecified atom stereocenters. The third-order valence-electron chi connectivity index (χ3n) is 4.70. The van der Waals surface area contributed by atoms with Crippen molar-refractivity contribution in [2.24, 2.45) is 5.92 Å². The summed E-state index contributed by atoms with van der Waals surface area (Å²) in [6.45, 7) is 8.75. The molecule has 2 aromatic rings. The molecule has 1 saturated heterocycles. The van der Waals surface area contributed by atoms with E-state index in [9.17, 15) is 0 Å². The first-order valence-electron chi connectivity index (χ1n) is 9.13. The van der Waals surface area contributed by atoms with Crippen LogP contribution in [0.1, 0.15) is 63.7 Å². The molecular weight excluding hydrogens is 320 g/mol. The van der Waals surface area contributed by atoms with Crippen molar-refractivity contribution < 1.29 is 9.26 Å². The van der Waals surface area contributed by atoms with Gasteiger partial charge >= 0.3 is 0 Å². The second-order valence-electron chi connectivity index (χ2n) is 7.09. The van der Waals surface area contributed by atoms with Crippen molar-refractivity contribution in [3.8, 4) is 0 Å². The van der Waals surface area contributed by atoms with Crippen molar-refractivity contribution in [1.29, 1.82) is 0 Å². The fourth-order valence-electron chi connectivity index (χ4n) is 3.13. The molecule has 2 aromatic heterocycles. The van der Waals surface area contributed by atoms with Crippen LogP contribution < -0.4 is 5.32 Å². The van der Waals surface area contributed by atoms with Crippen LogP contribution in [-0.2, 0) is 11.3 Å². The van der Waals surface area contributed by atoms with E-state index in [0.29, 0.717) is 17.9 Å². The highest BCUT2D eigenvalue weighted by Gasteiger charge is 2.31. The fraction of sp³-hybridized carbons (Fsp3) is 0.765. The lowest BCUT2D eigenvalue weighted by Gasteiger charge is -2.30. The summed E-state index contributed by atoms with van der Waals surface area (Å²) in [5.41, 5.74) is 0. The van der Waals surface area contributed by atoms with E-state index in [1.807, 2.05) is 4.68 Å². The van der Waals surface area contributed by atoms with E-state index in [4.69, 9.17) is 9.26 Å². The van der Waals surface area contributed by atoms with E-state index >= 15 is 0 Å². The lowest BCUT2D eigenvalue weighted by molar-refractivity contribution is 0.0468. The Morgan fingerprint density at radius 1 is 1.28 bits per heavy atom. The molecule has 138 valence electrons. The minimum Gasteiger partial charge on any atom is -0.381 e. The van der Waals surface area contributed by atoms with Crippen LogP contribution in [0.25, 0.3) is 0 Å². The lowest BCUT2D eigenvalue weighted by Crippen LogP contribution is -2.38. The number of hydrogen-bond acceptors (Lipinski definition) is 7. The minimum atomic E-state index is 0.0645. The number of aryl methyl sites for hydroxylation is 1. The van der Waals surface area contributed by atoms with Crippen molar-refractivity contribution in [2.45, 2.75) is 64.6 Å². The summed E-state index contributed by atoms with van der Waals surface area (Å²) >= 11 is 0. The van der Waals surface area contributed by atoms with Gasteiger partial charge in [0.2, 0.25) is 5.89 Å². The molecule has 25 heavy (non-hydrogen) atoms. The third-order valence-corrected chi connectivity index (χ3v) is 4.70. The van der Waals surface area contributed by atoms with E-state index < -0.39 is 0 Å². The maximum Gasteiger partial charge on any atom is 0.244 e. The first kappa shape index (κ1) is 18.0. The quantitative estimate of drug-likeness (QED) is 0.783. The smallest absolute Gasteiger partial charge is 0.244 e. The Hall–Kier alpha value is -1.80. The molecule has 1 aliphatic rings. The SMILES string of the molecule is CC(C)c1noc([C@@H](N[C@@H](C)CCn2cncn2)C2CCOCC2)n1. The van der Waals surface area contributed by atoms with Crippen LogP contribution in [0.15, 0.2) is 17.2 Å². The normalized spacial score (nSPS) is 18.6. The molecule has 0 amide bonds. The van der Waals surface area contributed by atoms with E-state index in [-0.39, 0.29) is 12.0 Å². The predicted molar refractivity (Wildman–Crippen MR) is 91.9 cm³/mol. The average Bonchev–Trinajstić information content (AvgIpc) is 3.30. The molecule has 3 rings (SSSR count). The standard InChI is InChI=1S/C17H28N6O2/c1-12(2)16-21-17(25-22-16)15(14-5-8-24-9-6-14)20-13(3)4-7-23-11-18-10-19-23/h10-15,20H,4-9H2,1-3H3/t13-,15-/m0/s1. The second-order valence-corrected chi connectivity index (χ2v) is 7.09. The summed E-state index contributed by atoms with van der Waals surface area (Å²) in [5, 5.41) is 12.0. The molecule has 2 atom stereocenters. The Kier molecular flexibility index (Phi) is 6.14. The molecule has 0 radical (unpaired) electrons. The van der Waals surface area contributed by atoms with Crippen molar-refractivity contribution in [3.05, 3.63) is 24.4 Å². The van der Waals surface area contributed by atoms with Crippen LogP contribution in [-0.4, -0.2) is 44.2 Å².